The van der Waals surface area contributed by atoms with Crippen LogP contribution >= 0.6 is 0 Å². The summed E-state index contributed by atoms with van der Waals surface area (Å²) in [7, 11) is 0. The molecule has 3 aromatic rings. The van der Waals surface area contributed by atoms with Gasteiger partial charge in [0.25, 0.3) is 0 Å². The predicted octanol–water partition coefficient (Wildman–Crippen LogP) is 1.64. The van der Waals surface area contributed by atoms with E-state index in [4.69, 9.17) is 4.74 Å². The van der Waals surface area contributed by atoms with Crippen LogP contribution in [0.1, 0.15) is 16.7 Å². The Bertz CT molecular complexity index is 835. The van der Waals surface area contributed by atoms with Crippen LogP contribution < -0.4 is 0 Å². The summed E-state index contributed by atoms with van der Waals surface area (Å²) >= 11 is 0. The van der Waals surface area contributed by atoms with Crippen LogP contribution in [0.5, 0.6) is 0 Å². The van der Waals surface area contributed by atoms with E-state index in [0.717, 1.165) is 16.7 Å². The smallest absolute Gasteiger partial charge is 0.151 e. The summed E-state index contributed by atoms with van der Waals surface area (Å²) in [5.41, 5.74) is 1.31. The molecule has 0 saturated heterocycles. The van der Waals surface area contributed by atoms with Gasteiger partial charge in [0.2, 0.25) is 0 Å². The van der Waals surface area contributed by atoms with E-state index in [1.54, 1.807) is 0 Å². The fourth-order valence-electron chi connectivity index (χ4n) is 3.59. The minimum atomic E-state index is -1.84. The number of carbonyl (C=O) groups excluding carboxylic acids is 1. The number of aliphatic hydroxyl groups excluding tert-OH is 4. The fourth-order valence-corrected chi connectivity index (χ4v) is 3.59. The van der Waals surface area contributed by atoms with Crippen LogP contribution in [0.3, 0.4) is 0 Å². The molecule has 0 spiro atoms. The zero-order chi connectivity index (χ0) is 22.3. The molecule has 4 atom stereocenters. The molecule has 3 aromatic carbocycles. The first-order valence-corrected chi connectivity index (χ1v) is 9.98. The second-order valence-corrected chi connectivity index (χ2v) is 7.27. The molecule has 0 amide bonds. The Labute approximate surface area is 181 Å². The minimum Gasteiger partial charge on any atom is -0.388 e. The third kappa shape index (κ3) is 4.90. The largest absolute Gasteiger partial charge is 0.388 e. The maximum Gasteiger partial charge on any atom is 0.151 e. The molecule has 0 aliphatic rings. The van der Waals surface area contributed by atoms with Gasteiger partial charge in [-0.15, -0.1) is 0 Å². The van der Waals surface area contributed by atoms with Crippen molar-refractivity contribution >= 4 is 6.29 Å². The standard InChI is InChI=1S/C25H26O6/c26-16-21(27)23(29)24(30)22(28)17-31-25(18-10-4-1-5-11-18,19-12-6-2-7-13-19)20-14-8-3-9-15-20/h1-16,21-24,27-30H,17H2/t21-,22+,23+,24+/m0/s1. The number of aldehydes is 1. The minimum absolute atomic E-state index is 0.101. The van der Waals surface area contributed by atoms with Crippen LogP contribution in [0.15, 0.2) is 91.0 Å². The van der Waals surface area contributed by atoms with Gasteiger partial charge in [0.15, 0.2) is 6.29 Å². The summed E-state index contributed by atoms with van der Waals surface area (Å²) < 4.78 is 6.34. The predicted molar refractivity (Wildman–Crippen MR) is 115 cm³/mol. The van der Waals surface area contributed by atoms with Gasteiger partial charge < -0.3 is 30.0 Å². The lowest BCUT2D eigenvalue weighted by Crippen LogP contribution is -2.48. The average Bonchev–Trinajstić information content (AvgIpc) is 2.84. The summed E-state index contributed by atoms with van der Waals surface area (Å²) in [6, 6.07) is 28.4. The average molecular weight is 422 g/mol. The van der Waals surface area contributed by atoms with E-state index < -0.39 is 30.0 Å². The molecular formula is C25H26O6. The monoisotopic (exact) mass is 422 g/mol. The summed E-state index contributed by atoms with van der Waals surface area (Å²) in [5, 5.41) is 40.0. The quantitative estimate of drug-likeness (QED) is 0.292. The van der Waals surface area contributed by atoms with Gasteiger partial charge in [-0.25, -0.2) is 0 Å². The normalized spacial score (nSPS) is 15.6. The zero-order valence-corrected chi connectivity index (χ0v) is 16.9. The third-order valence-corrected chi connectivity index (χ3v) is 5.25. The van der Waals surface area contributed by atoms with Gasteiger partial charge in [-0.1, -0.05) is 91.0 Å². The summed E-state index contributed by atoms with van der Waals surface area (Å²) in [6.45, 7) is -0.373. The third-order valence-electron chi connectivity index (χ3n) is 5.25. The SMILES string of the molecule is O=C[C@H](O)[C@@H](O)[C@H](O)[C@H](O)COC(c1ccccc1)(c1ccccc1)c1ccccc1. The molecule has 0 saturated carbocycles. The van der Waals surface area contributed by atoms with Crippen molar-refractivity contribution < 1.29 is 30.0 Å². The van der Waals surface area contributed by atoms with Crippen LogP contribution in [0.25, 0.3) is 0 Å². The second kappa shape index (κ2) is 10.4. The van der Waals surface area contributed by atoms with E-state index in [9.17, 15) is 25.2 Å². The van der Waals surface area contributed by atoms with E-state index in [1.165, 1.54) is 0 Å². The molecule has 0 unspecified atom stereocenters. The summed E-state index contributed by atoms with van der Waals surface area (Å²) in [4.78, 5) is 10.7. The molecule has 31 heavy (non-hydrogen) atoms. The molecule has 0 aliphatic carbocycles. The van der Waals surface area contributed by atoms with Crippen LogP contribution in [0.2, 0.25) is 0 Å². The topological polar surface area (TPSA) is 107 Å². The maximum atomic E-state index is 10.7. The first kappa shape index (κ1) is 22.8. The number of benzene rings is 3. The van der Waals surface area contributed by atoms with Gasteiger partial charge in [0.1, 0.15) is 30.0 Å². The van der Waals surface area contributed by atoms with E-state index in [1.807, 2.05) is 91.0 Å². The number of hydrogen-bond donors (Lipinski definition) is 4. The van der Waals surface area contributed by atoms with Crippen LogP contribution in [-0.4, -0.2) is 57.7 Å². The highest BCUT2D eigenvalue weighted by atomic mass is 16.5. The summed E-state index contributed by atoms with van der Waals surface area (Å²) in [5.74, 6) is 0. The Balaban J connectivity index is 2.03. The molecule has 162 valence electrons. The zero-order valence-electron chi connectivity index (χ0n) is 16.9. The Morgan fingerprint density at radius 2 is 1.06 bits per heavy atom. The van der Waals surface area contributed by atoms with Crippen molar-refractivity contribution in [1.82, 2.24) is 0 Å². The lowest BCUT2D eigenvalue weighted by molar-refractivity contribution is -0.144. The van der Waals surface area contributed by atoms with Crippen molar-refractivity contribution in [1.29, 1.82) is 0 Å². The molecule has 0 heterocycles. The Morgan fingerprint density at radius 3 is 1.42 bits per heavy atom. The van der Waals surface area contributed by atoms with Gasteiger partial charge in [-0.05, 0) is 16.7 Å². The number of rotatable bonds is 10. The van der Waals surface area contributed by atoms with Crippen molar-refractivity contribution in [3.63, 3.8) is 0 Å². The molecule has 6 nitrogen and oxygen atoms in total. The van der Waals surface area contributed by atoms with E-state index in [-0.39, 0.29) is 12.9 Å². The van der Waals surface area contributed by atoms with Crippen LogP contribution in [-0.2, 0) is 15.1 Å². The van der Waals surface area contributed by atoms with Crippen molar-refractivity contribution in [3.8, 4) is 0 Å². The first-order valence-electron chi connectivity index (χ1n) is 9.98. The van der Waals surface area contributed by atoms with Crippen LogP contribution in [0.4, 0.5) is 0 Å². The van der Waals surface area contributed by atoms with Crippen molar-refractivity contribution in [2.24, 2.45) is 0 Å². The van der Waals surface area contributed by atoms with Gasteiger partial charge in [0, 0.05) is 0 Å². The summed E-state index contributed by atoms with van der Waals surface area (Å²) in [6.07, 6.45) is -6.88. The van der Waals surface area contributed by atoms with Gasteiger partial charge in [-0.3, -0.25) is 0 Å². The maximum absolute atomic E-state index is 10.7. The lowest BCUT2D eigenvalue weighted by atomic mass is 9.80. The molecule has 6 heteroatoms. The molecule has 0 aromatic heterocycles. The second-order valence-electron chi connectivity index (χ2n) is 7.27. The molecule has 0 bridgehead atoms. The number of hydrogen-bond acceptors (Lipinski definition) is 6. The Hall–Kier alpha value is -2.87. The van der Waals surface area contributed by atoms with Crippen molar-refractivity contribution in [2.75, 3.05) is 6.61 Å². The fraction of sp³-hybridized carbons (Fsp3) is 0.240. The Kier molecular flexibility index (Phi) is 7.68. The molecular weight excluding hydrogens is 396 g/mol. The number of aliphatic hydroxyl groups is 4. The van der Waals surface area contributed by atoms with Gasteiger partial charge in [-0.2, -0.15) is 0 Å². The lowest BCUT2D eigenvalue weighted by Gasteiger charge is -2.37. The highest BCUT2D eigenvalue weighted by Crippen LogP contribution is 2.40. The number of ether oxygens (including phenoxy) is 1. The molecule has 3 rings (SSSR count). The van der Waals surface area contributed by atoms with Gasteiger partial charge >= 0.3 is 0 Å². The molecule has 4 N–H and O–H groups in total. The van der Waals surface area contributed by atoms with Crippen molar-refractivity contribution in [3.05, 3.63) is 108 Å². The first-order chi connectivity index (χ1) is 15.0. The van der Waals surface area contributed by atoms with Gasteiger partial charge in [0.05, 0.1) is 6.61 Å². The number of carbonyl (C=O) groups is 1. The Morgan fingerprint density at radius 1 is 0.677 bits per heavy atom. The molecule has 0 radical (unpaired) electrons. The molecule has 0 aliphatic heterocycles. The van der Waals surface area contributed by atoms with E-state index in [2.05, 4.69) is 0 Å². The molecule has 0 fully saturated rings. The van der Waals surface area contributed by atoms with E-state index >= 15 is 0 Å². The van der Waals surface area contributed by atoms with E-state index in [0.29, 0.717) is 0 Å². The highest BCUT2D eigenvalue weighted by molar-refractivity contribution is 5.56. The van der Waals surface area contributed by atoms with Crippen molar-refractivity contribution in [2.45, 2.75) is 30.0 Å². The van der Waals surface area contributed by atoms with Crippen LogP contribution in [0, 0.1) is 0 Å². The highest BCUT2D eigenvalue weighted by Gasteiger charge is 2.39.